The molecule has 0 aliphatic heterocycles. The highest BCUT2D eigenvalue weighted by molar-refractivity contribution is 8.00. The Labute approximate surface area is 71.7 Å². The van der Waals surface area contributed by atoms with Crippen molar-refractivity contribution in [2.75, 3.05) is 11.5 Å². The fourth-order valence-electron chi connectivity index (χ4n) is 0.483. The SMILES string of the molecule is CCC(=O)CSCC(=O)CC. The minimum Gasteiger partial charge on any atom is -0.299 e. The van der Waals surface area contributed by atoms with Crippen molar-refractivity contribution in [1.29, 1.82) is 0 Å². The van der Waals surface area contributed by atoms with Gasteiger partial charge < -0.3 is 0 Å². The van der Waals surface area contributed by atoms with Gasteiger partial charge in [0, 0.05) is 12.8 Å². The van der Waals surface area contributed by atoms with Crippen LogP contribution in [0.25, 0.3) is 0 Å². The van der Waals surface area contributed by atoms with Gasteiger partial charge in [-0.1, -0.05) is 13.8 Å². The standard InChI is InChI=1S/C8H14O2S/c1-3-7(9)5-11-6-8(10)4-2/h3-6H2,1-2H3. The number of rotatable bonds is 6. The van der Waals surface area contributed by atoms with Gasteiger partial charge in [-0.25, -0.2) is 0 Å². The third kappa shape index (κ3) is 6.10. The molecule has 0 bridgehead atoms. The molecule has 0 spiro atoms. The number of hydrogen-bond donors (Lipinski definition) is 0. The van der Waals surface area contributed by atoms with Gasteiger partial charge in [-0.05, 0) is 0 Å². The van der Waals surface area contributed by atoms with E-state index < -0.39 is 0 Å². The van der Waals surface area contributed by atoms with Gasteiger partial charge in [0.05, 0.1) is 11.5 Å². The average molecular weight is 174 g/mol. The second-order valence-corrected chi connectivity index (χ2v) is 3.26. The van der Waals surface area contributed by atoms with Crippen LogP contribution < -0.4 is 0 Å². The zero-order valence-corrected chi connectivity index (χ0v) is 7.87. The number of Topliss-reactive ketones (excluding diaryl/α,β-unsaturated/α-hetero) is 2. The summed E-state index contributed by atoms with van der Waals surface area (Å²) in [7, 11) is 0. The van der Waals surface area contributed by atoms with E-state index in [2.05, 4.69) is 0 Å². The summed E-state index contributed by atoms with van der Waals surface area (Å²) in [4.78, 5) is 21.5. The summed E-state index contributed by atoms with van der Waals surface area (Å²) in [6.45, 7) is 3.68. The van der Waals surface area contributed by atoms with Crippen LogP contribution in [0.2, 0.25) is 0 Å². The van der Waals surface area contributed by atoms with E-state index >= 15 is 0 Å². The normalized spacial score (nSPS) is 9.64. The number of ketones is 2. The lowest BCUT2D eigenvalue weighted by Crippen LogP contribution is -2.04. The molecule has 0 atom stereocenters. The Hall–Kier alpha value is -0.310. The van der Waals surface area contributed by atoms with Gasteiger partial charge in [0.2, 0.25) is 0 Å². The molecular formula is C8H14O2S. The van der Waals surface area contributed by atoms with Crippen molar-refractivity contribution in [2.45, 2.75) is 26.7 Å². The minimum absolute atomic E-state index is 0.221. The molecule has 0 aromatic carbocycles. The molecule has 0 aromatic rings. The zero-order valence-electron chi connectivity index (χ0n) is 7.05. The second kappa shape index (κ2) is 6.40. The third-order valence-electron chi connectivity index (χ3n) is 1.31. The first-order valence-corrected chi connectivity index (χ1v) is 4.97. The van der Waals surface area contributed by atoms with Crippen LogP contribution >= 0.6 is 11.8 Å². The summed E-state index contributed by atoms with van der Waals surface area (Å²) in [5.41, 5.74) is 0. The molecule has 0 fully saturated rings. The predicted octanol–water partition coefficient (Wildman–Crippen LogP) is 1.68. The molecule has 0 aromatic heterocycles. The van der Waals surface area contributed by atoms with Crippen LogP contribution in [0.5, 0.6) is 0 Å². The molecular weight excluding hydrogens is 160 g/mol. The topological polar surface area (TPSA) is 34.1 Å². The minimum atomic E-state index is 0.221. The van der Waals surface area contributed by atoms with Crippen molar-refractivity contribution < 1.29 is 9.59 Å². The largest absolute Gasteiger partial charge is 0.299 e. The van der Waals surface area contributed by atoms with Gasteiger partial charge in [-0.3, -0.25) is 9.59 Å². The molecule has 11 heavy (non-hydrogen) atoms. The number of hydrogen-bond acceptors (Lipinski definition) is 3. The first kappa shape index (κ1) is 10.7. The quantitative estimate of drug-likeness (QED) is 0.614. The van der Waals surface area contributed by atoms with Crippen LogP contribution in [0.1, 0.15) is 26.7 Å². The molecule has 0 unspecified atom stereocenters. The summed E-state index contributed by atoms with van der Waals surface area (Å²) < 4.78 is 0. The van der Waals surface area contributed by atoms with Gasteiger partial charge >= 0.3 is 0 Å². The summed E-state index contributed by atoms with van der Waals surface area (Å²) in [5, 5.41) is 0. The molecule has 2 nitrogen and oxygen atoms in total. The van der Waals surface area contributed by atoms with E-state index in [-0.39, 0.29) is 11.6 Å². The van der Waals surface area contributed by atoms with Crippen molar-refractivity contribution in [2.24, 2.45) is 0 Å². The molecule has 0 saturated carbocycles. The molecule has 0 saturated heterocycles. The van der Waals surface area contributed by atoms with Gasteiger partial charge in [-0.2, -0.15) is 0 Å². The number of carbonyl (C=O) groups is 2. The van der Waals surface area contributed by atoms with Crippen LogP contribution in [0.3, 0.4) is 0 Å². The molecule has 0 amide bonds. The van der Waals surface area contributed by atoms with Gasteiger partial charge in [0.25, 0.3) is 0 Å². The smallest absolute Gasteiger partial charge is 0.142 e. The summed E-state index contributed by atoms with van der Waals surface area (Å²) in [6.07, 6.45) is 1.15. The first-order chi connectivity index (χ1) is 5.20. The second-order valence-electron chi connectivity index (χ2n) is 2.28. The van der Waals surface area contributed by atoms with E-state index in [9.17, 15) is 9.59 Å². The predicted molar refractivity (Wildman–Crippen MR) is 47.9 cm³/mol. The summed E-state index contributed by atoms with van der Waals surface area (Å²) in [6, 6.07) is 0. The van der Waals surface area contributed by atoms with Gasteiger partial charge in [-0.15, -0.1) is 11.8 Å². The molecule has 0 N–H and O–H groups in total. The Bertz CT molecular complexity index is 127. The molecule has 0 aliphatic carbocycles. The third-order valence-corrected chi connectivity index (χ3v) is 2.37. The van der Waals surface area contributed by atoms with E-state index in [0.717, 1.165) is 0 Å². The Kier molecular flexibility index (Phi) is 6.22. The van der Waals surface area contributed by atoms with Gasteiger partial charge in [0.15, 0.2) is 0 Å². The van der Waals surface area contributed by atoms with Crippen molar-refractivity contribution in [3.05, 3.63) is 0 Å². The lowest BCUT2D eigenvalue weighted by atomic mass is 10.3. The maximum Gasteiger partial charge on any atom is 0.142 e. The Morgan fingerprint density at radius 1 is 1.00 bits per heavy atom. The van der Waals surface area contributed by atoms with Crippen molar-refractivity contribution in [3.63, 3.8) is 0 Å². The molecule has 0 aliphatic rings. The molecule has 3 heteroatoms. The fraction of sp³-hybridized carbons (Fsp3) is 0.750. The van der Waals surface area contributed by atoms with E-state index in [1.807, 2.05) is 13.8 Å². The highest BCUT2D eigenvalue weighted by atomic mass is 32.2. The molecule has 0 radical (unpaired) electrons. The Morgan fingerprint density at radius 3 is 1.64 bits per heavy atom. The zero-order chi connectivity index (χ0) is 8.69. The number of thioether (sulfide) groups is 1. The van der Waals surface area contributed by atoms with Crippen LogP contribution in [-0.4, -0.2) is 23.1 Å². The Balaban J connectivity index is 3.27. The molecule has 0 heterocycles. The Morgan fingerprint density at radius 2 is 1.36 bits per heavy atom. The van der Waals surface area contributed by atoms with E-state index in [1.54, 1.807) is 0 Å². The van der Waals surface area contributed by atoms with Crippen LogP contribution in [-0.2, 0) is 9.59 Å². The summed E-state index contributed by atoms with van der Waals surface area (Å²) in [5.74, 6) is 1.42. The lowest BCUT2D eigenvalue weighted by molar-refractivity contribution is -0.116. The maximum absolute atomic E-state index is 10.7. The number of carbonyl (C=O) groups excluding carboxylic acids is 2. The molecule has 64 valence electrons. The molecule has 0 rings (SSSR count). The highest BCUT2D eigenvalue weighted by Crippen LogP contribution is 2.02. The summed E-state index contributed by atoms with van der Waals surface area (Å²) >= 11 is 1.42. The van der Waals surface area contributed by atoms with Crippen molar-refractivity contribution in [1.82, 2.24) is 0 Å². The first-order valence-electron chi connectivity index (χ1n) is 3.81. The van der Waals surface area contributed by atoms with Crippen molar-refractivity contribution in [3.8, 4) is 0 Å². The van der Waals surface area contributed by atoms with Crippen LogP contribution in [0.15, 0.2) is 0 Å². The maximum atomic E-state index is 10.7. The van der Waals surface area contributed by atoms with E-state index in [0.29, 0.717) is 24.3 Å². The van der Waals surface area contributed by atoms with E-state index in [1.165, 1.54) is 11.8 Å². The van der Waals surface area contributed by atoms with Crippen molar-refractivity contribution >= 4 is 23.3 Å². The van der Waals surface area contributed by atoms with Crippen LogP contribution in [0, 0.1) is 0 Å². The highest BCUT2D eigenvalue weighted by Gasteiger charge is 2.01. The fourth-order valence-corrected chi connectivity index (χ4v) is 1.45. The average Bonchev–Trinajstić information content (AvgIpc) is 2.04. The monoisotopic (exact) mass is 174 g/mol. The lowest BCUT2D eigenvalue weighted by Gasteiger charge is -1.96. The van der Waals surface area contributed by atoms with Crippen LogP contribution in [0.4, 0.5) is 0 Å². The van der Waals surface area contributed by atoms with Gasteiger partial charge in [0.1, 0.15) is 11.6 Å². The van der Waals surface area contributed by atoms with E-state index in [4.69, 9.17) is 0 Å².